The summed E-state index contributed by atoms with van der Waals surface area (Å²) < 4.78 is 51.2. The van der Waals surface area contributed by atoms with Gasteiger partial charge in [-0.15, -0.1) is 0 Å². The second-order valence-corrected chi connectivity index (χ2v) is 11.2. The lowest BCUT2D eigenvalue weighted by Crippen LogP contribution is -2.47. The Labute approximate surface area is 247 Å². The van der Waals surface area contributed by atoms with Crippen LogP contribution in [-0.4, -0.2) is 41.7 Å². The number of methoxy groups -OCH3 is 3. The number of fused-ring (bicyclic) bond motifs is 1. The van der Waals surface area contributed by atoms with Crippen LogP contribution in [0.25, 0.3) is 0 Å². The minimum atomic E-state index is -4.67. The predicted octanol–water partition coefficient (Wildman–Crippen LogP) is 5.59. The molecule has 1 unspecified atom stereocenters. The summed E-state index contributed by atoms with van der Waals surface area (Å²) in [6, 6.07) is 23.1. The number of anilines is 2. The number of ether oxygens (including phenoxy) is 4. The van der Waals surface area contributed by atoms with E-state index in [2.05, 4.69) is 5.32 Å². The average Bonchev–Trinajstić information content (AvgIpc) is 3.24. The molecule has 0 radical (unpaired) electrons. The van der Waals surface area contributed by atoms with Gasteiger partial charge >= 0.3 is 6.09 Å². The summed E-state index contributed by atoms with van der Waals surface area (Å²) in [4.78, 5) is 27.8. The van der Waals surface area contributed by atoms with Gasteiger partial charge in [0.05, 0.1) is 32.6 Å². The number of sulfonamides is 1. The molecular weight excluding hydrogens is 584 g/mol. The van der Waals surface area contributed by atoms with Gasteiger partial charge in [-0.3, -0.25) is 10.1 Å². The fourth-order valence-corrected chi connectivity index (χ4v) is 6.58. The first-order valence-electron chi connectivity index (χ1n) is 12.5. The zero-order valence-electron chi connectivity index (χ0n) is 22.7. The third-order valence-corrected chi connectivity index (χ3v) is 8.66. The lowest BCUT2D eigenvalue weighted by molar-refractivity contribution is -0.131. The first-order chi connectivity index (χ1) is 20.2. The van der Waals surface area contributed by atoms with Crippen LogP contribution in [0.3, 0.4) is 0 Å². The molecule has 0 spiro atoms. The monoisotopic (exact) mass is 608 g/mol. The molecule has 0 saturated carbocycles. The first kappa shape index (κ1) is 28.8. The third kappa shape index (κ3) is 4.76. The SMILES string of the molecule is COc1ccc(S(=O)(=O)N2C(=O)C(OC(=O)Nc3ccccc3)(c3ccccc3OC)c3cc(Cl)ccc32)c(OC)c1. The number of carbonyl (C=O) groups is 2. The van der Waals surface area contributed by atoms with Crippen LogP contribution < -0.4 is 23.8 Å². The van der Waals surface area contributed by atoms with Crippen LogP contribution in [0, 0.1) is 0 Å². The Morgan fingerprint density at radius 3 is 2.19 bits per heavy atom. The van der Waals surface area contributed by atoms with Crippen molar-refractivity contribution < 1.29 is 37.0 Å². The highest BCUT2D eigenvalue weighted by Crippen LogP contribution is 2.52. The Kier molecular flexibility index (Phi) is 7.72. The van der Waals surface area contributed by atoms with E-state index in [1.54, 1.807) is 48.5 Å². The smallest absolute Gasteiger partial charge is 0.413 e. The van der Waals surface area contributed by atoms with Gasteiger partial charge in [-0.2, -0.15) is 4.31 Å². The van der Waals surface area contributed by atoms with E-state index in [0.29, 0.717) is 15.7 Å². The van der Waals surface area contributed by atoms with Gasteiger partial charge in [-0.05, 0) is 48.5 Å². The zero-order chi connectivity index (χ0) is 30.1. The molecule has 1 N–H and O–H groups in total. The van der Waals surface area contributed by atoms with Crippen LogP contribution in [0.5, 0.6) is 17.2 Å². The van der Waals surface area contributed by atoms with Crippen molar-refractivity contribution >= 4 is 45.0 Å². The minimum absolute atomic E-state index is 0.0174. The number of carbonyl (C=O) groups excluding carboxylic acids is 2. The van der Waals surface area contributed by atoms with Crippen LogP contribution in [0.2, 0.25) is 5.02 Å². The van der Waals surface area contributed by atoms with Crippen molar-refractivity contribution in [2.45, 2.75) is 10.5 Å². The molecule has 1 heterocycles. The molecule has 1 aliphatic rings. The van der Waals surface area contributed by atoms with E-state index in [4.69, 9.17) is 30.5 Å². The number of nitrogens with zero attached hydrogens (tertiary/aromatic N) is 1. The molecule has 216 valence electrons. The van der Waals surface area contributed by atoms with Gasteiger partial charge in [-0.1, -0.05) is 48.0 Å². The van der Waals surface area contributed by atoms with Crippen LogP contribution in [0.1, 0.15) is 11.1 Å². The van der Waals surface area contributed by atoms with Crippen molar-refractivity contribution in [3.63, 3.8) is 0 Å². The van der Waals surface area contributed by atoms with E-state index < -0.39 is 27.6 Å². The van der Waals surface area contributed by atoms with Gasteiger partial charge in [0, 0.05) is 22.3 Å². The number of hydrogen-bond acceptors (Lipinski definition) is 8. The van der Waals surface area contributed by atoms with Crippen LogP contribution in [0.4, 0.5) is 16.2 Å². The second-order valence-electron chi connectivity index (χ2n) is 9.01. The van der Waals surface area contributed by atoms with Crippen LogP contribution in [0.15, 0.2) is 95.9 Å². The van der Waals surface area contributed by atoms with Crippen molar-refractivity contribution in [1.82, 2.24) is 0 Å². The molecule has 1 atom stereocenters. The lowest BCUT2D eigenvalue weighted by Gasteiger charge is -2.30. The van der Waals surface area contributed by atoms with E-state index >= 15 is 0 Å². The maximum atomic E-state index is 14.7. The van der Waals surface area contributed by atoms with Crippen molar-refractivity contribution in [3.8, 4) is 17.2 Å². The van der Waals surface area contributed by atoms with Gasteiger partial charge in [0.1, 0.15) is 22.1 Å². The molecule has 5 rings (SSSR count). The minimum Gasteiger partial charge on any atom is -0.497 e. The molecule has 0 bridgehead atoms. The maximum absolute atomic E-state index is 14.7. The quantitative estimate of drug-likeness (QED) is 0.275. The topological polar surface area (TPSA) is 120 Å². The Morgan fingerprint density at radius 2 is 1.50 bits per heavy atom. The van der Waals surface area contributed by atoms with Gasteiger partial charge < -0.3 is 18.9 Å². The fourth-order valence-electron chi connectivity index (χ4n) is 4.81. The summed E-state index contributed by atoms with van der Waals surface area (Å²) in [6.45, 7) is 0. The highest BCUT2D eigenvalue weighted by molar-refractivity contribution is 7.93. The van der Waals surface area contributed by atoms with Crippen molar-refractivity contribution in [2.24, 2.45) is 0 Å². The summed E-state index contributed by atoms with van der Waals surface area (Å²) in [5.41, 5.74) is -1.90. The van der Waals surface area contributed by atoms with E-state index in [1.165, 1.54) is 63.8 Å². The molecule has 4 aromatic carbocycles. The largest absolute Gasteiger partial charge is 0.497 e. The van der Waals surface area contributed by atoms with E-state index in [0.717, 1.165) is 0 Å². The number of nitrogens with one attached hydrogen (secondary N) is 1. The molecule has 4 aromatic rings. The number of amides is 2. The summed E-state index contributed by atoms with van der Waals surface area (Å²) >= 11 is 6.39. The molecule has 1 aliphatic heterocycles. The van der Waals surface area contributed by atoms with E-state index in [1.807, 2.05) is 0 Å². The molecule has 0 aromatic heterocycles. The molecule has 0 aliphatic carbocycles. The number of hydrogen-bond donors (Lipinski definition) is 1. The molecule has 12 heteroatoms. The third-order valence-electron chi connectivity index (χ3n) is 6.68. The molecular formula is C30H25ClN2O8S. The zero-order valence-corrected chi connectivity index (χ0v) is 24.2. The predicted molar refractivity (Wildman–Crippen MR) is 156 cm³/mol. The molecule has 0 fully saturated rings. The molecule has 10 nitrogen and oxygen atoms in total. The van der Waals surface area contributed by atoms with Gasteiger partial charge in [0.15, 0.2) is 0 Å². The Morgan fingerprint density at radius 1 is 0.810 bits per heavy atom. The number of benzene rings is 4. The van der Waals surface area contributed by atoms with E-state index in [9.17, 15) is 18.0 Å². The van der Waals surface area contributed by atoms with Gasteiger partial charge in [0.2, 0.25) is 5.60 Å². The fraction of sp³-hybridized carbons (Fsp3) is 0.133. The second kappa shape index (κ2) is 11.3. The van der Waals surface area contributed by atoms with Crippen molar-refractivity contribution in [1.29, 1.82) is 0 Å². The Balaban J connectivity index is 1.75. The van der Waals surface area contributed by atoms with Crippen LogP contribution >= 0.6 is 11.6 Å². The number of rotatable bonds is 8. The Hall–Kier alpha value is -4.74. The van der Waals surface area contributed by atoms with Gasteiger partial charge in [-0.25, -0.2) is 13.2 Å². The van der Waals surface area contributed by atoms with Gasteiger partial charge in [0.25, 0.3) is 15.9 Å². The molecule has 2 amide bonds. The van der Waals surface area contributed by atoms with E-state index in [-0.39, 0.29) is 38.2 Å². The van der Waals surface area contributed by atoms with Crippen molar-refractivity contribution in [2.75, 3.05) is 31.0 Å². The summed E-state index contributed by atoms with van der Waals surface area (Å²) in [5.74, 6) is -0.638. The average molecular weight is 609 g/mol. The molecule has 42 heavy (non-hydrogen) atoms. The normalized spacial score (nSPS) is 16.0. The van der Waals surface area contributed by atoms with Crippen LogP contribution in [-0.2, 0) is 25.2 Å². The van der Waals surface area contributed by atoms with Crippen molar-refractivity contribution in [3.05, 3.63) is 107 Å². The number of halogens is 1. The highest BCUT2D eigenvalue weighted by atomic mass is 35.5. The maximum Gasteiger partial charge on any atom is 0.413 e. The summed E-state index contributed by atoms with van der Waals surface area (Å²) in [7, 11) is -0.569. The summed E-state index contributed by atoms with van der Waals surface area (Å²) in [6.07, 6.45) is -1.02. The Bertz CT molecular complexity index is 1780. The highest BCUT2D eigenvalue weighted by Gasteiger charge is 2.60. The summed E-state index contributed by atoms with van der Waals surface area (Å²) in [5, 5.41) is 2.77. The molecule has 0 saturated heterocycles. The number of para-hydroxylation sites is 2. The first-order valence-corrected chi connectivity index (χ1v) is 14.3. The standard InChI is InChI=1S/C30H25ClN2O8S/c1-38-21-14-16-27(26(18-21)40-3)42(36,37)33-24-15-13-19(31)17-23(24)30(28(33)34,22-11-7-8-12-25(22)39-2)41-29(35)32-20-9-5-4-6-10-20/h4-18H,1-3H3,(H,32,35). The lowest BCUT2D eigenvalue weighted by atomic mass is 9.86.